The predicted molar refractivity (Wildman–Crippen MR) is 89.7 cm³/mol. The molecule has 0 saturated heterocycles. The van der Waals surface area contributed by atoms with Gasteiger partial charge in [-0.3, -0.25) is 4.39 Å². The van der Waals surface area contributed by atoms with E-state index in [9.17, 15) is 123 Å². The van der Waals surface area contributed by atoms with Crippen LogP contribution < -0.4 is 0 Å². The maximum absolute atomic E-state index is 12.8. The van der Waals surface area contributed by atoms with Gasteiger partial charge in [-0.15, -0.1) is 0 Å². The quantitative estimate of drug-likeness (QED) is 0.174. The molecular weight excluding hydrogens is 736 g/mol. The van der Waals surface area contributed by atoms with E-state index in [1.807, 2.05) is 0 Å². The third-order valence-electron chi connectivity index (χ3n) is 4.42. The molecule has 0 aliphatic rings. The summed E-state index contributed by atoms with van der Waals surface area (Å²) in [4.78, 5) is 0. The summed E-state index contributed by atoms with van der Waals surface area (Å²) in [6.07, 6.45) is -22.7. The van der Waals surface area contributed by atoms with Gasteiger partial charge in [0, 0.05) is 0 Å². The van der Waals surface area contributed by atoms with E-state index in [0.29, 0.717) is 6.42 Å². The highest BCUT2D eigenvalue weighted by atomic mass is 19.4. The highest BCUT2D eigenvalue weighted by molar-refractivity contribution is 5.13. The van der Waals surface area contributed by atoms with Crippen LogP contribution in [-0.2, 0) is 0 Å². The molecule has 0 radical (unpaired) electrons. The Labute approximate surface area is 229 Å². The SMILES string of the molecule is CCCF.FC(F)C(F)(F)C(F)C(F)(F)C(F)(F)C(F)F.FCC(F)(F)C(F)(F)C(F)(F)C(F)(F)C(F)(F)C(F)(F)C(F)(F)F. The molecule has 0 N–H and O–H groups in total. The van der Waals surface area contributed by atoms with Crippen molar-refractivity contribution in [3.05, 3.63) is 0 Å². The third-order valence-corrected chi connectivity index (χ3v) is 4.42. The Kier molecular flexibility index (Phi) is 15.2. The van der Waals surface area contributed by atoms with Crippen molar-refractivity contribution in [2.24, 2.45) is 0 Å². The molecule has 0 amide bonds. The molecule has 45 heavy (non-hydrogen) atoms. The van der Waals surface area contributed by atoms with Gasteiger partial charge >= 0.3 is 72.3 Å². The van der Waals surface area contributed by atoms with Crippen LogP contribution in [0, 0.1) is 0 Å². The lowest BCUT2D eigenvalue weighted by Crippen LogP contribution is -2.72. The summed E-state index contributed by atoms with van der Waals surface area (Å²) in [5, 5.41) is 0. The molecule has 0 saturated carbocycles. The van der Waals surface area contributed by atoms with Gasteiger partial charge < -0.3 is 0 Å². The Hall–Kier alpha value is -1.96. The van der Waals surface area contributed by atoms with E-state index in [0.717, 1.165) is 0 Å². The lowest BCUT2D eigenvalue weighted by atomic mass is 9.91. The second-order valence-electron chi connectivity index (χ2n) is 7.78. The molecule has 0 aliphatic heterocycles. The zero-order valence-electron chi connectivity index (χ0n) is 20.4. The van der Waals surface area contributed by atoms with E-state index in [1.54, 1.807) is 6.92 Å². The maximum atomic E-state index is 12.8. The summed E-state index contributed by atoms with van der Waals surface area (Å²) < 4.78 is 339. The van der Waals surface area contributed by atoms with Gasteiger partial charge in [0.05, 0.1) is 6.67 Å². The van der Waals surface area contributed by atoms with Crippen molar-refractivity contribution < 1.29 is 123 Å². The maximum Gasteiger partial charge on any atom is 0.460 e. The summed E-state index contributed by atoms with van der Waals surface area (Å²) in [5.74, 6) is -66.7. The summed E-state index contributed by atoms with van der Waals surface area (Å²) in [6, 6.07) is 0. The molecule has 0 aromatic heterocycles. The standard InChI is InChI=1S/C8H2F16.C6H3F11.C3H7F/c9-1-2(10,11)3(12,13)4(14,15)5(16,17)6(18,19)7(20,21)8(22,23)24;7-1(4(12,13)2(8)9)5(14,15)6(16,17)3(10)11;1-2-3-4/h1H2;1-3H;2-3H2,1H3. The Balaban J connectivity index is -0.000000731. The molecule has 276 valence electrons. The monoisotopic (exact) mass is 748 g/mol. The number of hydrogen-bond acceptors (Lipinski definition) is 0. The van der Waals surface area contributed by atoms with Crippen molar-refractivity contribution in [3.8, 4) is 0 Å². The van der Waals surface area contributed by atoms with E-state index in [1.165, 1.54) is 0 Å². The zero-order valence-corrected chi connectivity index (χ0v) is 20.4. The zero-order chi connectivity index (χ0) is 37.9. The predicted octanol–water partition coefficient (Wildman–Crippen LogP) is 10.5. The molecule has 0 heterocycles. The largest absolute Gasteiger partial charge is 0.460 e. The first-order valence-electron chi connectivity index (χ1n) is 10.1. The molecular formula is C17H12F28. The normalized spacial score (nSPS) is 15.8. The average Bonchev–Trinajstić information content (AvgIpc) is 2.86. The van der Waals surface area contributed by atoms with Crippen LogP contribution >= 0.6 is 0 Å². The van der Waals surface area contributed by atoms with E-state index in [4.69, 9.17) is 0 Å². The second kappa shape index (κ2) is 14.4. The highest BCUT2D eigenvalue weighted by Gasteiger charge is 2.93. The molecule has 0 aromatic rings. The molecule has 0 spiro atoms. The van der Waals surface area contributed by atoms with Crippen LogP contribution in [-0.4, -0.2) is 91.9 Å². The fraction of sp³-hybridized carbons (Fsp3) is 1.00. The van der Waals surface area contributed by atoms with Gasteiger partial charge in [0.1, 0.15) is 0 Å². The molecule has 0 nitrogen and oxygen atoms in total. The minimum Gasteiger partial charge on any atom is -0.251 e. The van der Waals surface area contributed by atoms with Crippen LogP contribution in [0.15, 0.2) is 0 Å². The van der Waals surface area contributed by atoms with Gasteiger partial charge in [-0.1, -0.05) is 6.92 Å². The minimum absolute atomic E-state index is 0.181. The van der Waals surface area contributed by atoms with Gasteiger partial charge in [-0.25, -0.2) is 26.3 Å². The van der Waals surface area contributed by atoms with E-state index in [-0.39, 0.29) is 6.67 Å². The van der Waals surface area contributed by atoms with Crippen molar-refractivity contribution in [2.45, 2.75) is 91.8 Å². The van der Waals surface area contributed by atoms with Gasteiger partial charge in [-0.2, -0.15) is 92.2 Å². The van der Waals surface area contributed by atoms with Gasteiger partial charge in [0.25, 0.3) is 0 Å². The van der Waals surface area contributed by atoms with Crippen LogP contribution in [0.5, 0.6) is 0 Å². The van der Waals surface area contributed by atoms with Crippen LogP contribution in [0.4, 0.5) is 123 Å². The van der Waals surface area contributed by atoms with Crippen molar-refractivity contribution in [2.75, 3.05) is 13.3 Å². The van der Waals surface area contributed by atoms with Crippen LogP contribution in [0.1, 0.15) is 13.3 Å². The van der Waals surface area contributed by atoms with Gasteiger partial charge in [-0.05, 0) is 6.42 Å². The average molecular weight is 748 g/mol. The molecule has 28 heteroatoms. The number of rotatable bonds is 12. The molecule has 0 fully saturated rings. The summed E-state index contributed by atoms with van der Waals surface area (Å²) >= 11 is 0. The minimum atomic E-state index is -8.36. The first kappa shape index (κ1) is 47.4. The Morgan fingerprint density at radius 3 is 0.933 bits per heavy atom. The van der Waals surface area contributed by atoms with E-state index >= 15 is 0 Å². The van der Waals surface area contributed by atoms with Crippen molar-refractivity contribution in [1.29, 1.82) is 0 Å². The topological polar surface area (TPSA) is 0 Å². The van der Waals surface area contributed by atoms with Gasteiger partial charge in [0.15, 0.2) is 6.67 Å². The van der Waals surface area contributed by atoms with Crippen molar-refractivity contribution in [3.63, 3.8) is 0 Å². The number of hydrogen-bond donors (Lipinski definition) is 0. The fourth-order valence-corrected chi connectivity index (χ4v) is 1.75. The Morgan fingerprint density at radius 1 is 0.422 bits per heavy atom. The van der Waals surface area contributed by atoms with Crippen molar-refractivity contribution >= 4 is 0 Å². The molecule has 1 atom stereocenters. The lowest BCUT2D eigenvalue weighted by Gasteiger charge is -2.41. The summed E-state index contributed by atoms with van der Waals surface area (Å²) in [7, 11) is 0. The highest BCUT2D eigenvalue weighted by Crippen LogP contribution is 2.62. The van der Waals surface area contributed by atoms with E-state index < -0.39 is 85.2 Å². The third kappa shape index (κ3) is 8.50. The second-order valence-corrected chi connectivity index (χ2v) is 7.78. The van der Waals surface area contributed by atoms with Gasteiger partial charge in [0.2, 0.25) is 6.17 Å². The summed E-state index contributed by atoms with van der Waals surface area (Å²) in [5.41, 5.74) is 0. The Bertz CT molecular complexity index is 880. The van der Waals surface area contributed by atoms with Crippen LogP contribution in [0.3, 0.4) is 0 Å². The summed E-state index contributed by atoms with van der Waals surface area (Å²) in [6.45, 7) is -2.22. The van der Waals surface area contributed by atoms with E-state index in [2.05, 4.69) is 0 Å². The molecule has 0 aromatic carbocycles. The molecule has 0 rings (SSSR count). The molecule has 0 aliphatic carbocycles. The van der Waals surface area contributed by atoms with Crippen molar-refractivity contribution in [1.82, 2.24) is 0 Å². The smallest absolute Gasteiger partial charge is 0.251 e. The number of alkyl halides is 28. The van der Waals surface area contributed by atoms with Crippen LogP contribution in [0.2, 0.25) is 0 Å². The first-order chi connectivity index (χ1) is 19.3. The first-order valence-corrected chi connectivity index (χ1v) is 10.1. The number of halogens is 28. The fourth-order valence-electron chi connectivity index (χ4n) is 1.75. The lowest BCUT2D eigenvalue weighted by molar-refractivity contribution is -0.452. The van der Waals surface area contributed by atoms with Crippen LogP contribution in [0.25, 0.3) is 0 Å². The molecule has 1 unspecified atom stereocenters. The Morgan fingerprint density at radius 2 is 0.711 bits per heavy atom. The molecule has 0 bridgehead atoms.